The summed E-state index contributed by atoms with van der Waals surface area (Å²) in [5.41, 5.74) is 8.10. The van der Waals surface area contributed by atoms with Gasteiger partial charge in [0.15, 0.2) is 0 Å². The Morgan fingerprint density at radius 3 is 1.02 bits per heavy atom. The normalized spacial score (nSPS) is 40.3. The molecule has 2 fully saturated rings. The maximum Gasteiger partial charge on any atom is 0.127 e. The van der Waals surface area contributed by atoms with Crippen molar-refractivity contribution in [2.24, 2.45) is 47.3 Å². The van der Waals surface area contributed by atoms with Crippen molar-refractivity contribution in [1.82, 2.24) is 0 Å². The number of rotatable bonds is 8. The van der Waals surface area contributed by atoms with Gasteiger partial charge in [-0.3, -0.25) is 0 Å². The highest BCUT2D eigenvalue weighted by Crippen LogP contribution is 2.73. The minimum absolute atomic E-state index is 0.220. The predicted octanol–water partition coefficient (Wildman–Crippen LogP) is 8.47. The second-order valence-corrected chi connectivity index (χ2v) is 15.5. The van der Waals surface area contributed by atoms with Gasteiger partial charge in [0.1, 0.15) is 11.5 Å². The molecule has 2 unspecified atom stereocenters. The number of allylic oxidation sites excluding steroid dienone is 4. The Hall–Kier alpha value is -3.86. The van der Waals surface area contributed by atoms with Crippen molar-refractivity contribution in [3.63, 3.8) is 0 Å². The van der Waals surface area contributed by atoms with Crippen LogP contribution in [0.3, 0.4) is 0 Å². The molecule has 4 heteroatoms. The van der Waals surface area contributed by atoms with E-state index in [-0.39, 0.29) is 12.2 Å². The van der Waals surface area contributed by atoms with E-state index in [1.165, 1.54) is 33.4 Å². The fourth-order valence-corrected chi connectivity index (χ4v) is 12.5. The van der Waals surface area contributed by atoms with Crippen LogP contribution >= 0.6 is 0 Å². The third-order valence-electron chi connectivity index (χ3n) is 13.9. The van der Waals surface area contributed by atoms with E-state index >= 15 is 0 Å². The summed E-state index contributed by atoms with van der Waals surface area (Å²) in [6.07, 6.45) is 20.4. The van der Waals surface area contributed by atoms with Crippen molar-refractivity contribution < 1.29 is 18.9 Å². The molecule has 2 saturated carbocycles. The molecule has 0 heterocycles. The third kappa shape index (κ3) is 3.53. The largest absolute Gasteiger partial charge is 0.496 e. The first-order valence-corrected chi connectivity index (χ1v) is 18.1. The van der Waals surface area contributed by atoms with Gasteiger partial charge >= 0.3 is 0 Å². The first-order chi connectivity index (χ1) is 23.8. The molecule has 0 aromatic heterocycles. The minimum Gasteiger partial charge on any atom is -0.496 e. The van der Waals surface area contributed by atoms with Gasteiger partial charge in [0.05, 0.1) is 39.6 Å². The van der Waals surface area contributed by atoms with Gasteiger partial charge < -0.3 is 18.9 Å². The van der Waals surface area contributed by atoms with Crippen LogP contribution in [0.2, 0.25) is 0 Å². The van der Waals surface area contributed by atoms with Gasteiger partial charge in [-0.25, -0.2) is 0 Å². The Morgan fingerprint density at radius 2 is 0.729 bits per heavy atom. The molecule has 13 rings (SSSR count). The Labute approximate surface area is 283 Å². The lowest BCUT2D eigenvalue weighted by atomic mass is 9.52. The van der Waals surface area contributed by atoms with Gasteiger partial charge in [-0.15, -0.1) is 0 Å². The van der Waals surface area contributed by atoms with E-state index in [0.29, 0.717) is 84.2 Å². The molecule has 242 valence electrons. The van der Waals surface area contributed by atoms with Crippen LogP contribution in [0.1, 0.15) is 57.1 Å². The molecule has 0 saturated heterocycles. The summed E-state index contributed by atoms with van der Waals surface area (Å²) >= 11 is 0. The zero-order valence-electron chi connectivity index (χ0n) is 27.5. The van der Waals surface area contributed by atoms with E-state index < -0.39 is 0 Å². The van der Waals surface area contributed by atoms with Gasteiger partial charge in [0, 0.05) is 69.6 Å². The molecule has 48 heavy (non-hydrogen) atoms. The zero-order valence-corrected chi connectivity index (χ0v) is 27.5. The van der Waals surface area contributed by atoms with Crippen molar-refractivity contribution in [2.45, 2.75) is 49.1 Å². The predicted molar refractivity (Wildman–Crippen MR) is 185 cm³/mol. The molecule has 10 aliphatic carbocycles. The van der Waals surface area contributed by atoms with Crippen LogP contribution < -0.4 is 9.47 Å². The lowest BCUT2D eigenvalue weighted by Gasteiger charge is -2.52. The first kappa shape index (κ1) is 28.0. The smallest absolute Gasteiger partial charge is 0.127 e. The summed E-state index contributed by atoms with van der Waals surface area (Å²) in [4.78, 5) is 0. The zero-order chi connectivity index (χ0) is 31.7. The summed E-state index contributed by atoms with van der Waals surface area (Å²) in [5, 5.41) is 0. The van der Waals surface area contributed by atoms with Crippen LogP contribution in [0.5, 0.6) is 11.5 Å². The van der Waals surface area contributed by atoms with Gasteiger partial charge in [-0.1, -0.05) is 109 Å². The van der Waals surface area contributed by atoms with Crippen molar-refractivity contribution in [1.29, 1.82) is 0 Å². The van der Waals surface area contributed by atoms with E-state index in [4.69, 9.17) is 18.9 Å². The number of hydrogen-bond acceptors (Lipinski definition) is 4. The summed E-state index contributed by atoms with van der Waals surface area (Å²) in [7, 11) is 3.82. The number of ether oxygens (including phenoxy) is 4. The molecule has 0 amide bonds. The topological polar surface area (TPSA) is 36.9 Å². The lowest BCUT2D eigenvalue weighted by molar-refractivity contribution is 0.0107. The molecular weight excluding hydrogens is 592 g/mol. The Kier molecular flexibility index (Phi) is 6.03. The van der Waals surface area contributed by atoms with Gasteiger partial charge in [0.2, 0.25) is 0 Å². The molecule has 0 spiro atoms. The van der Waals surface area contributed by atoms with Crippen LogP contribution in [-0.4, -0.2) is 26.4 Å². The standard InChI is InChI=1S/C44H42O4/c1-45-43-37-25-13-15-27(35-31-19-17-29(33(25)35)41(31)47-21-23-9-5-3-6-10-23)39(37)44(46-2)40-28-16-14-26(38(40)43)34-30-18-20-32(36(28)34)42(30)48-22-24-11-7-4-8-12-24/h3-20,25-36,41-42H,21-22H2,1-2H3/t25-,26+,27+,28-,29+,30-,31-,32+,33-,34+,35+,36-,41?,42?. The van der Waals surface area contributed by atoms with E-state index in [0.717, 1.165) is 11.5 Å². The van der Waals surface area contributed by atoms with E-state index in [9.17, 15) is 0 Å². The average Bonchev–Trinajstić information content (AvgIpc) is 3.92. The molecule has 3 aromatic rings. The van der Waals surface area contributed by atoms with Crippen LogP contribution in [0.15, 0.2) is 109 Å². The van der Waals surface area contributed by atoms with Crippen molar-refractivity contribution in [3.05, 3.63) is 143 Å². The molecule has 14 atom stereocenters. The lowest BCUT2D eigenvalue weighted by Crippen LogP contribution is -2.41. The second-order valence-electron chi connectivity index (χ2n) is 15.5. The maximum absolute atomic E-state index is 6.81. The highest BCUT2D eigenvalue weighted by Gasteiger charge is 2.65. The number of methoxy groups -OCH3 is 2. The molecule has 3 aromatic carbocycles. The molecule has 4 nitrogen and oxygen atoms in total. The van der Waals surface area contributed by atoms with Gasteiger partial charge in [0.25, 0.3) is 0 Å². The van der Waals surface area contributed by atoms with Crippen LogP contribution in [0, 0.1) is 47.3 Å². The molecule has 0 aliphatic heterocycles. The first-order valence-electron chi connectivity index (χ1n) is 18.1. The SMILES string of the molecule is COc1c2c(c(OC)c3c1[C@@H]1C=C[C@H]3[C@@H]3[C@H]1[C@@H]1C=C[C@H]3C1OCc1ccccc1)[C@@H]1C=C[C@H]2[C@@H]2[C@H]1[C@@H]1C=C[C@H]2C1OCc1ccccc1. The summed E-state index contributed by atoms with van der Waals surface area (Å²) in [6.45, 7) is 1.33. The molecule has 8 bridgehead atoms. The third-order valence-corrected chi connectivity index (χ3v) is 13.9. The van der Waals surface area contributed by atoms with Gasteiger partial charge in [-0.05, 0) is 34.8 Å². The minimum atomic E-state index is 0.220. The second kappa shape index (κ2) is 10.3. The summed E-state index contributed by atoms with van der Waals surface area (Å²) in [6, 6.07) is 21.3. The Balaban J connectivity index is 0.978. The van der Waals surface area contributed by atoms with Crippen molar-refractivity contribution >= 4 is 0 Å². The molecular formula is C44H42O4. The number of fused-ring (bicyclic) bond motifs is 4. The maximum atomic E-state index is 6.81. The van der Waals surface area contributed by atoms with Crippen LogP contribution in [0.25, 0.3) is 0 Å². The Morgan fingerprint density at radius 1 is 0.417 bits per heavy atom. The Bertz CT molecular complexity index is 1680. The average molecular weight is 635 g/mol. The highest BCUT2D eigenvalue weighted by atomic mass is 16.5. The molecule has 10 aliphatic rings. The highest BCUT2D eigenvalue weighted by molar-refractivity contribution is 5.71. The quantitative estimate of drug-likeness (QED) is 0.233. The van der Waals surface area contributed by atoms with Crippen molar-refractivity contribution in [3.8, 4) is 11.5 Å². The van der Waals surface area contributed by atoms with Crippen molar-refractivity contribution in [2.75, 3.05) is 14.2 Å². The van der Waals surface area contributed by atoms with Gasteiger partial charge in [-0.2, -0.15) is 0 Å². The summed E-state index contributed by atoms with van der Waals surface area (Å²) < 4.78 is 26.8. The van der Waals surface area contributed by atoms with E-state index in [2.05, 4.69) is 109 Å². The fraction of sp³-hybridized carbons (Fsp3) is 0.409. The number of hydrogen-bond donors (Lipinski definition) is 0. The fourth-order valence-electron chi connectivity index (χ4n) is 12.5. The van der Waals surface area contributed by atoms with E-state index in [1.807, 2.05) is 14.2 Å². The number of benzene rings is 3. The monoisotopic (exact) mass is 634 g/mol. The van der Waals surface area contributed by atoms with Crippen LogP contribution in [-0.2, 0) is 22.7 Å². The molecule has 0 N–H and O–H groups in total. The van der Waals surface area contributed by atoms with E-state index in [1.54, 1.807) is 0 Å². The molecule has 0 radical (unpaired) electrons. The van der Waals surface area contributed by atoms with Crippen LogP contribution in [0.4, 0.5) is 0 Å². The summed E-state index contributed by atoms with van der Waals surface area (Å²) in [5.74, 6) is 7.22.